The van der Waals surface area contributed by atoms with Crippen LogP contribution < -0.4 is 15.8 Å². The zero-order chi connectivity index (χ0) is 23.6. The first-order chi connectivity index (χ1) is 15.1. The Balaban J connectivity index is 1.92. The summed E-state index contributed by atoms with van der Waals surface area (Å²) in [6.07, 6.45) is -0.0921. The molecule has 1 aliphatic rings. The van der Waals surface area contributed by atoms with E-state index in [1.807, 2.05) is 45.9 Å². The van der Waals surface area contributed by atoms with Crippen molar-refractivity contribution >= 4 is 29.1 Å². The maximum absolute atomic E-state index is 13.2. The van der Waals surface area contributed by atoms with E-state index in [0.29, 0.717) is 30.3 Å². The van der Waals surface area contributed by atoms with Gasteiger partial charge in [0, 0.05) is 20.1 Å². The number of aryl methyl sites for hydroxylation is 2. The van der Waals surface area contributed by atoms with Gasteiger partial charge in [-0.25, -0.2) is 0 Å². The second kappa shape index (κ2) is 9.30. The van der Waals surface area contributed by atoms with Crippen molar-refractivity contribution in [3.8, 4) is 11.5 Å². The summed E-state index contributed by atoms with van der Waals surface area (Å²) in [5.41, 5.74) is 9.10. The van der Waals surface area contributed by atoms with Gasteiger partial charge in [0.15, 0.2) is 5.75 Å². The molecular weight excluding hydrogens is 408 g/mol. The van der Waals surface area contributed by atoms with Crippen molar-refractivity contribution < 1.29 is 19.1 Å². The van der Waals surface area contributed by atoms with E-state index in [9.17, 15) is 14.4 Å². The molecule has 8 heteroatoms. The first-order valence-corrected chi connectivity index (χ1v) is 10.7. The average molecular weight is 439 g/mol. The normalized spacial score (nSPS) is 15.7. The molecule has 0 radical (unpaired) electrons. The number of amides is 3. The van der Waals surface area contributed by atoms with E-state index in [4.69, 9.17) is 10.5 Å². The van der Waals surface area contributed by atoms with Gasteiger partial charge in [-0.3, -0.25) is 14.4 Å². The van der Waals surface area contributed by atoms with E-state index in [-0.39, 0.29) is 29.5 Å². The second-order valence-corrected chi connectivity index (χ2v) is 8.05. The smallest absolute Gasteiger partial charge is 0.256 e. The Morgan fingerprint density at radius 2 is 1.72 bits per heavy atom. The zero-order valence-corrected chi connectivity index (χ0v) is 19.2. The van der Waals surface area contributed by atoms with Crippen molar-refractivity contribution in [2.75, 3.05) is 31.2 Å². The number of likely N-dealkylation sites (N-methyl/N-ethyl adjacent to an activating group) is 1. The van der Waals surface area contributed by atoms with E-state index in [2.05, 4.69) is 5.32 Å². The summed E-state index contributed by atoms with van der Waals surface area (Å²) in [6, 6.07) is 7.92. The van der Waals surface area contributed by atoms with Crippen LogP contribution >= 0.6 is 0 Å². The number of nitrogen functional groups attached to an aromatic ring is 1. The Labute approximate surface area is 188 Å². The average Bonchev–Trinajstić information content (AvgIpc) is 2.79. The van der Waals surface area contributed by atoms with Gasteiger partial charge in [0.1, 0.15) is 11.8 Å². The summed E-state index contributed by atoms with van der Waals surface area (Å²) in [4.78, 5) is 41.6. The fourth-order valence-electron chi connectivity index (χ4n) is 3.91. The molecule has 3 N–H and O–H groups in total. The van der Waals surface area contributed by atoms with Crippen molar-refractivity contribution in [3.05, 3.63) is 47.0 Å². The van der Waals surface area contributed by atoms with Gasteiger partial charge in [-0.15, -0.1) is 0 Å². The number of ether oxygens (including phenoxy) is 1. The third-order valence-electron chi connectivity index (χ3n) is 5.64. The number of hydrogen-bond acceptors (Lipinski definition) is 5. The van der Waals surface area contributed by atoms with Gasteiger partial charge in [0.25, 0.3) is 5.91 Å². The molecule has 0 spiro atoms. The largest absolute Gasteiger partial charge is 0.455 e. The minimum atomic E-state index is -0.923. The molecule has 2 aromatic rings. The predicted molar refractivity (Wildman–Crippen MR) is 124 cm³/mol. The molecule has 3 rings (SSSR count). The van der Waals surface area contributed by atoms with E-state index in [1.165, 1.54) is 24.1 Å². The molecular formula is C24H30N4O4. The summed E-state index contributed by atoms with van der Waals surface area (Å²) < 4.78 is 5.97. The molecule has 8 nitrogen and oxygen atoms in total. The molecule has 1 heterocycles. The molecule has 0 aromatic heterocycles. The van der Waals surface area contributed by atoms with E-state index < -0.39 is 11.9 Å². The highest BCUT2D eigenvalue weighted by atomic mass is 16.5. The summed E-state index contributed by atoms with van der Waals surface area (Å²) in [6.45, 7) is 8.76. The molecule has 1 aliphatic heterocycles. The zero-order valence-electron chi connectivity index (χ0n) is 19.2. The maximum Gasteiger partial charge on any atom is 0.256 e. The highest BCUT2D eigenvalue weighted by molar-refractivity contribution is 6.11. The lowest BCUT2D eigenvalue weighted by Gasteiger charge is -2.26. The minimum Gasteiger partial charge on any atom is -0.455 e. The summed E-state index contributed by atoms with van der Waals surface area (Å²) in [5, 5.41) is 2.76. The van der Waals surface area contributed by atoms with Gasteiger partial charge in [-0.2, -0.15) is 0 Å². The van der Waals surface area contributed by atoms with Crippen molar-refractivity contribution in [3.63, 3.8) is 0 Å². The molecule has 32 heavy (non-hydrogen) atoms. The molecule has 3 amide bonds. The van der Waals surface area contributed by atoms with Crippen molar-refractivity contribution in [1.29, 1.82) is 0 Å². The van der Waals surface area contributed by atoms with Crippen LogP contribution in [0.5, 0.6) is 11.5 Å². The SMILES string of the molecule is CCN(CC)C(=O)C[C@H]1C(=O)Nc2cc(N)c(Oc3cc(C)cc(C)c3)cc2C(=O)N1C. The summed E-state index contributed by atoms with van der Waals surface area (Å²) >= 11 is 0. The Hall–Kier alpha value is -3.55. The van der Waals surface area contributed by atoms with E-state index in [0.717, 1.165) is 11.1 Å². The lowest BCUT2D eigenvalue weighted by Crippen LogP contribution is -2.46. The molecule has 0 bridgehead atoms. The van der Waals surface area contributed by atoms with Crippen LogP contribution in [-0.2, 0) is 9.59 Å². The van der Waals surface area contributed by atoms with Crippen molar-refractivity contribution in [2.24, 2.45) is 0 Å². The van der Waals surface area contributed by atoms with Gasteiger partial charge in [-0.1, -0.05) is 6.07 Å². The van der Waals surface area contributed by atoms with Crippen LogP contribution in [0.1, 0.15) is 41.8 Å². The monoisotopic (exact) mass is 438 g/mol. The number of rotatable bonds is 6. The second-order valence-electron chi connectivity index (χ2n) is 8.05. The Morgan fingerprint density at radius 3 is 2.31 bits per heavy atom. The van der Waals surface area contributed by atoms with Crippen molar-refractivity contribution in [1.82, 2.24) is 9.80 Å². The number of anilines is 2. The highest BCUT2D eigenvalue weighted by Gasteiger charge is 2.35. The lowest BCUT2D eigenvalue weighted by atomic mass is 10.1. The first kappa shape index (κ1) is 23.1. The molecule has 1 atom stereocenters. The van der Waals surface area contributed by atoms with Crippen molar-refractivity contribution in [2.45, 2.75) is 40.2 Å². The van der Waals surface area contributed by atoms with Gasteiger partial charge in [-0.05, 0) is 63.1 Å². The van der Waals surface area contributed by atoms with Gasteiger partial charge >= 0.3 is 0 Å². The fourth-order valence-corrected chi connectivity index (χ4v) is 3.91. The number of hydrogen-bond donors (Lipinski definition) is 2. The van der Waals surface area contributed by atoms with Gasteiger partial charge in [0.05, 0.1) is 23.4 Å². The molecule has 0 saturated heterocycles. The maximum atomic E-state index is 13.2. The van der Waals surface area contributed by atoms with Gasteiger partial charge < -0.3 is 25.6 Å². The predicted octanol–water partition coefficient (Wildman–Crippen LogP) is 3.33. The van der Waals surface area contributed by atoms with Crippen LogP contribution in [-0.4, -0.2) is 53.7 Å². The standard InChI is InChI=1S/C24H30N4O4/c1-6-28(7-2)22(29)13-20-23(30)26-19-12-18(25)21(11-17(19)24(31)27(20)5)32-16-9-14(3)8-15(4)10-16/h8-12,20H,6-7,13,25H2,1-5H3,(H,26,30)/t20-/m0/s1. The molecule has 0 unspecified atom stereocenters. The van der Waals surface area contributed by atoms with E-state index in [1.54, 1.807) is 4.90 Å². The molecule has 0 saturated carbocycles. The Bertz CT molecular complexity index is 1040. The number of benzene rings is 2. The highest BCUT2D eigenvalue weighted by Crippen LogP contribution is 2.35. The summed E-state index contributed by atoms with van der Waals surface area (Å²) in [5.74, 6) is -0.0692. The van der Waals surface area contributed by atoms with Crippen LogP contribution in [0.15, 0.2) is 30.3 Å². The van der Waals surface area contributed by atoms with Crippen LogP contribution in [0, 0.1) is 13.8 Å². The Kier molecular flexibility index (Phi) is 6.72. The van der Waals surface area contributed by atoms with Crippen LogP contribution in [0.4, 0.5) is 11.4 Å². The molecule has 2 aromatic carbocycles. The molecule has 0 aliphatic carbocycles. The van der Waals surface area contributed by atoms with Crippen LogP contribution in [0.2, 0.25) is 0 Å². The number of carbonyl (C=O) groups is 3. The number of nitrogens with two attached hydrogens (primary N) is 1. The Morgan fingerprint density at radius 1 is 1.09 bits per heavy atom. The first-order valence-electron chi connectivity index (χ1n) is 10.7. The van der Waals surface area contributed by atoms with Crippen LogP contribution in [0.25, 0.3) is 0 Å². The molecule has 0 fully saturated rings. The number of nitrogens with zero attached hydrogens (tertiary/aromatic N) is 2. The number of fused-ring (bicyclic) bond motifs is 1. The van der Waals surface area contributed by atoms with E-state index >= 15 is 0 Å². The van der Waals surface area contributed by atoms with Crippen LogP contribution in [0.3, 0.4) is 0 Å². The number of carbonyl (C=O) groups excluding carboxylic acids is 3. The topological polar surface area (TPSA) is 105 Å². The number of nitrogens with one attached hydrogen (secondary N) is 1. The van der Waals surface area contributed by atoms with Gasteiger partial charge in [0.2, 0.25) is 11.8 Å². The molecule has 170 valence electrons. The summed E-state index contributed by atoms with van der Waals surface area (Å²) in [7, 11) is 1.53. The fraction of sp³-hybridized carbons (Fsp3) is 0.375. The quantitative estimate of drug-likeness (QED) is 0.673. The lowest BCUT2D eigenvalue weighted by molar-refractivity contribution is -0.134. The minimum absolute atomic E-state index is 0.0921. The third kappa shape index (κ3) is 4.69. The third-order valence-corrected chi connectivity index (χ3v) is 5.64.